The Kier molecular flexibility index (Phi) is 7.35. The number of hydrogen-bond acceptors (Lipinski definition) is 5. The number of aryl methyl sites for hydroxylation is 1. The number of ether oxygens (including phenoxy) is 1. The van der Waals surface area contributed by atoms with Crippen LogP contribution in [-0.2, 0) is 24.3 Å². The van der Waals surface area contributed by atoms with Gasteiger partial charge in [-0.25, -0.2) is 13.1 Å². The maximum Gasteiger partial charge on any atom is 0.307 e. The fraction of sp³-hybridized carbons (Fsp3) is 0.222. The van der Waals surface area contributed by atoms with Crippen molar-refractivity contribution in [2.75, 3.05) is 18.5 Å². The molecular formula is C18H19ClN2O5S. The average molecular weight is 411 g/mol. The van der Waals surface area contributed by atoms with E-state index in [9.17, 15) is 18.0 Å². The zero-order valence-electron chi connectivity index (χ0n) is 14.6. The van der Waals surface area contributed by atoms with Gasteiger partial charge in [-0.1, -0.05) is 29.3 Å². The van der Waals surface area contributed by atoms with Crippen LogP contribution >= 0.6 is 11.6 Å². The quantitative estimate of drug-likeness (QED) is 0.651. The van der Waals surface area contributed by atoms with E-state index in [1.807, 2.05) is 6.92 Å². The van der Waals surface area contributed by atoms with Crippen LogP contribution in [0.5, 0.6) is 0 Å². The zero-order chi connectivity index (χ0) is 19.9. The molecule has 0 radical (unpaired) electrons. The number of anilines is 1. The van der Waals surface area contributed by atoms with Crippen LogP contribution in [0.1, 0.15) is 12.0 Å². The highest BCUT2D eigenvalue weighted by atomic mass is 35.5. The van der Waals surface area contributed by atoms with E-state index in [0.717, 1.165) is 5.56 Å². The minimum atomic E-state index is -3.70. The largest absolute Gasteiger partial charge is 0.456 e. The normalized spacial score (nSPS) is 11.0. The van der Waals surface area contributed by atoms with Crippen molar-refractivity contribution in [1.29, 1.82) is 0 Å². The summed E-state index contributed by atoms with van der Waals surface area (Å²) in [5, 5.41) is 3.08. The molecule has 0 aliphatic rings. The molecule has 0 saturated heterocycles. The number of benzene rings is 2. The molecule has 2 aromatic rings. The SMILES string of the molecule is Cc1ccc(S(=O)(=O)NCCC(=O)OCC(=O)Nc2ccc(Cl)cc2)cc1. The Bertz CT molecular complexity index is 896. The number of amides is 1. The van der Waals surface area contributed by atoms with Gasteiger partial charge in [-0.15, -0.1) is 0 Å². The van der Waals surface area contributed by atoms with E-state index in [2.05, 4.69) is 10.0 Å². The van der Waals surface area contributed by atoms with Crippen molar-refractivity contribution in [3.05, 3.63) is 59.1 Å². The molecule has 9 heteroatoms. The van der Waals surface area contributed by atoms with Crippen LogP contribution in [0.4, 0.5) is 5.69 Å². The second-order valence-corrected chi connectivity index (χ2v) is 7.88. The van der Waals surface area contributed by atoms with Crippen molar-refractivity contribution in [1.82, 2.24) is 4.72 Å². The lowest BCUT2D eigenvalue weighted by atomic mass is 10.2. The number of hydrogen-bond donors (Lipinski definition) is 2. The van der Waals surface area contributed by atoms with Gasteiger partial charge in [0.05, 0.1) is 11.3 Å². The van der Waals surface area contributed by atoms with Crippen LogP contribution < -0.4 is 10.0 Å². The number of nitrogens with one attached hydrogen (secondary N) is 2. The molecule has 7 nitrogen and oxygen atoms in total. The number of rotatable bonds is 8. The molecule has 27 heavy (non-hydrogen) atoms. The molecule has 144 valence electrons. The summed E-state index contributed by atoms with van der Waals surface area (Å²) in [7, 11) is -3.70. The van der Waals surface area contributed by atoms with Crippen molar-refractivity contribution >= 4 is 39.2 Å². The Balaban J connectivity index is 1.72. The van der Waals surface area contributed by atoms with Crippen LogP contribution in [0, 0.1) is 6.92 Å². The summed E-state index contributed by atoms with van der Waals surface area (Å²) < 4.78 is 31.3. The highest BCUT2D eigenvalue weighted by Gasteiger charge is 2.14. The lowest BCUT2D eigenvalue weighted by Gasteiger charge is -2.08. The third kappa shape index (κ3) is 7.01. The second kappa shape index (κ2) is 9.50. The van der Waals surface area contributed by atoms with Crippen LogP contribution in [-0.4, -0.2) is 33.4 Å². The average Bonchev–Trinajstić information content (AvgIpc) is 2.62. The van der Waals surface area contributed by atoms with Crippen molar-refractivity contribution in [3.8, 4) is 0 Å². The molecule has 0 unspecified atom stereocenters. The minimum Gasteiger partial charge on any atom is -0.456 e. The van der Waals surface area contributed by atoms with Gasteiger partial charge in [0, 0.05) is 17.3 Å². The number of carbonyl (C=O) groups excluding carboxylic acids is 2. The van der Waals surface area contributed by atoms with E-state index in [-0.39, 0.29) is 17.9 Å². The summed E-state index contributed by atoms with van der Waals surface area (Å²) in [5.74, 6) is -1.20. The molecule has 0 heterocycles. The van der Waals surface area contributed by atoms with Gasteiger partial charge in [0.2, 0.25) is 10.0 Å². The maximum absolute atomic E-state index is 12.1. The van der Waals surface area contributed by atoms with E-state index in [1.165, 1.54) is 12.1 Å². The molecule has 0 spiro atoms. The lowest BCUT2D eigenvalue weighted by molar-refractivity contribution is -0.147. The van der Waals surface area contributed by atoms with Crippen molar-refractivity contribution < 1.29 is 22.7 Å². The van der Waals surface area contributed by atoms with Gasteiger partial charge in [-0.05, 0) is 43.3 Å². The number of halogens is 1. The van der Waals surface area contributed by atoms with Crippen LogP contribution in [0.3, 0.4) is 0 Å². The first kappa shape index (κ1) is 20.9. The van der Waals surface area contributed by atoms with Gasteiger partial charge in [0.1, 0.15) is 0 Å². The zero-order valence-corrected chi connectivity index (χ0v) is 16.1. The first-order valence-corrected chi connectivity index (χ1v) is 9.90. The third-order valence-electron chi connectivity index (χ3n) is 3.44. The molecule has 1 amide bonds. The first-order chi connectivity index (χ1) is 12.8. The van der Waals surface area contributed by atoms with Crippen LogP contribution in [0.25, 0.3) is 0 Å². The lowest BCUT2D eigenvalue weighted by Crippen LogP contribution is -2.28. The van der Waals surface area contributed by atoms with Gasteiger partial charge >= 0.3 is 5.97 Å². The summed E-state index contributed by atoms with van der Waals surface area (Å²) in [6.07, 6.45) is -0.195. The van der Waals surface area contributed by atoms with Gasteiger partial charge in [0.15, 0.2) is 6.61 Å². The highest BCUT2D eigenvalue weighted by Crippen LogP contribution is 2.13. The third-order valence-corrected chi connectivity index (χ3v) is 5.17. The molecule has 0 aliphatic heterocycles. The Hall–Kier alpha value is -2.42. The molecule has 0 fully saturated rings. The van der Waals surface area contributed by atoms with Gasteiger partial charge < -0.3 is 10.1 Å². The molecule has 0 aliphatic carbocycles. The van der Waals surface area contributed by atoms with Gasteiger partial charge in [-0.3, -0.25) is 9.59 Å². The van der Waals surface area contributed by atoms with E-state index in [1.54, 1.807) is 36.4 Å². The minimum absolute atomic E-state index is 0.115. The van der Waals surface area contributed by atoms with E-state index in [0.29, 0.717) is 10.7 Å². The van der Waals surface area contributed by atoms with E-state index in [4.69, 9.17) is 16.3 Å². The Morgan fingerprint density at radius 2 is 1.67 bits per heavy atom. The maximum atomic E-state index is 12.1. The molecule has 2 N–H and O–H groups in total. The first-order valence-electron chi connectivity index (χ1n) is 8.04. The van der Waals surface area contributed by atoms with Crippen LogP contribution in [0.2, 0.25) is 5.02 Å². The molecule has 0 bridgehead atoms. The van der Waals surface area contributed by atoms with Gasteiger partial charge in [0.25, 0.3) is 5.91 Å². The second-order valence-electron chi connectivity index (χ2n) is 5.68. The number of carbonyl (C=O) groups is 2. The van der Waals surface area contributed by atoms with Crippen molar-refractivity contribution in [2.45, 2.75) is 18.2 Å². The molecular weight excluding hydrogens is 392 g/mol. The smallest absolute Gasteiger partial charge is 0.307 e. The summed E-state index contributed by atoms with van der Waals surface area (Å²) >= 11 is 5.75. The summed E-state index contributed by atoms with van der Waals surface area (Å²) in [6, 6.07) is 12.8. The standard InChI is InChI=1S/C18H19ClN2O5S/c1-13-2-8-16(9-3-13)27(24,25)20-11-10-18(23)26-12-17(22)21-15-6-4-14(19)5-7-15/h2-9,20H,10-12H2,1H3,(H,21,22). The number of esters is 1. The topological polar surface area (TPSA) is 102 Å². The predicted octanol–water partition coefficient (Wildman–Crippen LogP) is 2.50. The molecule has 2 aromatic carbocycles. The molecule has 0 aromatic heterocycles. The summed E-state index contributed by atoms with van der Waals surface area (Å²) in [4.78, 5) is 23.5. The predicted molar refractivity (Wildman–Crippen MR) is 102 cm³/mol. The Labute approximate surface area is 162 Å². The van der Waals surface area contributed by atoms with Crippen molar-refractivity contribution in [2.24, 2.45) is 0 Å². The van der Waals surface area contributed by atoms with E-state index >= 15 is 0 Å². The monoisotopic (exact) mass is 410 g/mol. The van der Waals surface area contributed by atoms with Gasteiger partial charge in [-0.2, -0.15) is 0 Å². The molecule has 2 rings (SSSR count). The highest BCUT2D eigenvalue weighted by molar-refractivity contribution is 7.89. The summed E-state index contributed by atoms with van der Waals surface area (Å²) in [5.41, 5.74) is 1.46. The Morgan fingerprint density at radius 1 is 1.04 bits per heavy atom. The van der Waals surface area contributed by atoms with E-state index < -0.39 is 28.5 Å². The number of sulfonamides is 1. The summed E-state index contributed by atoms with van der Waals surface area (Å²) in [6.45, 7) is 1.25. The Morgan fingerprint density at radius 3 is 2.30 bits per heavy atom. The fourth-order valence-electron chi connectivity index (χ4n) is 2.04. The van der Waals surface area contributed by atoms with Crippen molar-refractivity contribution in [3.63, 3.8) is 0 Å². The van der Waals surface area contributed by atoms with Crippen LogP contribution in [0.15, 0.2) is 53.4 Å². The molecule has 0 atom stereocenters. The fourth-order valence-corrected chi connectivity index (χ4v) is 3.19. The molecule has 0 saturated carbocycles.